The standard InChI is InChI=1S/C13H15BrF2/c1-13(2)6-5-8-10(15)3-4-11(16)12(8)9(14)7-13/h3-4,9H,5-7H2,1-2H3. The molecule has 0 saturated heterocycles. The number of halogens is 3. The van der Waals surface area contributed by atoms with Crippen LogP contribution >= 0.6 is 15.9 Å². The van der Waals surface area contributed by atoms with E-state index in [1.54, 1.807) is 0 Å². The smallest absolute Gasteiger partial charge is 0.128 e. The lowest BCUT2D eigenvalue weighted by molar-refractivity contribution is 0.315. The van der Waals surface area contributed by atoms with Gasteiger partial charge >= 0.3 is 0 Å². The van der Waals surface area contributed by atoms with Crippen LogP contribution in [-0.4, -0.2) is 0 Å². The Morgan fingerprint density at radius 1 is 1.25 bits per heavy atom. The van der Waals surface area contributed by atoms with Crippen molar-refractivity contribution < 1.29 is 8.78 Å². The van der Waals surface area contributed by atoms with Crippen molar-refractivity contribution in [2.75, 3.05) is 0 Å². The minimum atomic E-state index is -0.295. The van der Waals surface area contributed by atoms with Crippen LogP contribution < -0.4 is 0 Å². The molecular formula is C13H15BrF2. The van der Waals surface area contributed by atoms with E-state index in [9.17, 15) is 8.78 Å². The van der Waals surface area contributed by atoms with E-state index in [2.05, 4.69) is 29.8 Å². The van der Waals surface area contributed by atoms with E-state index in [1.807, 2.05) is 0 Å². The molecular weight excluding hydrogens is 274 g/mol. The fraction of sp³-hybridized carbons (Fsp3) is 0.538. The number of benzene rings is 1. The van der Waals surface area contributed by atoms with Gasteiger partial charge in [-0.3, -0.25) is 0 Å². The maximum absolute atomic E-state index is 13.7. The summed E-state index contributed by atoms with van der Waals surface area (Å²) in [6.07, 6.45) is 2.34. The quantitative estimate of drug-likeness (QED) is 0.477. The topological polar surface area (TPSA) is 0 Å². The van der Waals surface area contributed by atoms with Crippen molar-refractivity contribution in [3.05, 3.63) is 34.9 Å². The highest BCUT2D eigenvalue weighted by Gasteiger charge is 2.31. The third kappa shape index (κ3) is 2.15. The van der Waals surface area contributed by atoms with Crippen molar-refractivity contribution in [3.8, 4) is 0 Å². The zero-order chi connectivity index (χ0) is 11.9. The zero-order valence-corrected chi connectivity index (χ0v) is 11.1. The lowest BCUT2D eigenvalue weighted by Gasteiger charge is -2.23. The van der Waals surface area contributed by atoms with Gasteiger partial charge in [0.1, 0.15) is 11.6 Å². The molecule has 1 aliphatic rings. The second-order valence-corrected chi connectivity index (χ2v) is 6.36. The van der Waals surface area contributed by atoms with Gasteiger partial charge in [-0.15, -0.1) is 0 Å². The fourth-order valence-electron chi connectivity index (χ4n) is 2.35. The molecule has 1 aromatic carbocycles. The molecule has 0 amide bonds. The number of fused-ring (bicyclic) bond motifs is 1. The third-order valence-corrected chi connectivity index (χ3v) is 4.13. The normalized spacial score (nSPS) is 23.7. The molecule has 0 heterocycles. The van der Waals surface area contributed by atoms with Crippen LogP contribution in [0.2, 0.25) is 0 Å². The van der Waals surface area contributed by atoms with Gasteiger partial charge in [0, 0.05) is 10.4 Å². The molecule has 0 aromatic heterocycles. The summed E-state index contributed by atoms with van der Waals surface area (Å²) in [6.45, 7) is 4.28. The molecule has 0 radical (unpaired) electrons. The van der Waals surface area contributed by atoms with Crippen molar-refractivity contribution in [2.45, 2.75) is 37.9 Å². The maximum Gasteiger partial charge on any atom is 0.128 e. The summed E-state index contributed by atoms with van der Waals surface area (Å²) in [5.74, 6) is -0.575. The molecule has 1 atom stereocenters. The molecule has 0 fully saturated rings. The Labute approximate surface area is 103 Å². The number of hydrogen-bond acceptors (Lipinski definition) is 0. The van der Waals surface area contributed by atoms with E-state index in [0.717, 1.165) is 12.8 Å². The number of rotatable bonds is 0. The average molecular weight is 289 g/mol. The molecule has 2 rings (SSSR count). The van der Waals surface area contributed by atoms with Gasteiger partial charge in [-0.25, -0.2) is 8.78 Å². The molecule has 0 nitrogen and oxygen atoms in total. The molecule has 1 aliphatic carbocycles. The van der Waals surface area contributed by atoms with Crippen LogP contribution in [0.25, 0.3) is 0 Å². The predicted molar refractivity (Wildman–Crippen MR) is 64.7 cm³/mol. The molecule has 0 spiro atoms. The summed E-state index contributed by atoms with van der Waals surface area (Å²) in [5.41, 5.74) is 1.18. The van der Waals surface area contributed by atoms with Gasteiger partial charge in [-0.1, -0.05) is 29.8 Å². The predicted octanol–water partition coefficient (Wildman–Crippen LogP) is 4.76. The zero-order valence-electron chi connectivity index (χ0n) is 9.49. The fourth-order valence-corrected chi connectivity index (χ4v) is 3.73. The van der Waals surface area contributed by atoms with Crippen LogP contribution in [0.15, 0.2) is 12.1 Å². The minimum absolute atomic E-state index is 0.0873. The molecule has 0 aliphatic heterocycles. The SMILES string of the molecule is CC1(C)CCc2c(F)ccc(F)c2C(Br)C1. The molecule has 16 heavy (non-hydrogen) atoms. The van der Waals surface area contributed by atoms with Gasteiger partial charge in [0.25, 0.3) is 0 Å². The lowest BCUT2D eigenvalue weighted by atomic mass is 9.84. The highest BCUT2D eigenvalue weighted by atomic mass is 79.9. The first-order chi connectivity index (χ1) is 7.41. The van der Waals surface area contributed by atoms with Crippen molar-refractivity contribution in [1.29, 1.82) is 0 Å². The second kappa shape index (κ2) is 4.10. The van der Waals surface area contributed by atoms with Crippen LogP contribution in [0.4, 0.5) is 8.78 Å². The highest BCUT2D eigenvalue weighted by Crippen LogP contribution is 2.44. The van der Waals surface area contributed by atoms with Crippen LogP contribution in [0.1, 0.15) is 42.6 Å². The van der Waals surface area contributed by atoms with Gasteiger partial charge in [0.05, 0.1) is 0 Å². The Bertz CT molecular complexity index is 413. The Kier molecular flexibility index (Phi) is 3.08. The first-order valence-electron chi connectivity index (χ1n) is 5.51. The number of alkyl halides is 1. The van der Waals surface area contributed by atoms with E-state index < -0.39 is 0 Å². The van der Waals surface area contributed by atoms with Gasteiger partial charge in [0.2, 0.25) is 0 Å². The Morgan fingerprint density at radius 3 is 2.56 bits per heavy atom. The van der Waals surface area contributed by atoms with Gasteiger partial charge < -0.3 is 0 Å². The third-order valence-electron chi connectivity index (χ3n) is 3.34. The summed E-state index contributed by atoms with van der Waals surface area (Å²) in [7, 11) is 0. The summed E-state index contributed by atoms with van der Waals surface area (Å²) >= 11 is 3.49. The van der Waals surface area contributed by atoms with Crippen molar-refractivity contribution in [2.24, 2.45) is 5.41 Å². The first kappa shape index (κ1) is 12.0. The van der Waals surface area contributed by atoms with E-state index >= 15 is 0 Å². The molecule has 88 valence electrons. The number of hydrogen-bond donors (Lipinski definition) is 0. The van der Waals surface area contributed by atoms with Gasteiger partial charge in [0.15, 0.2) is 0 Å². The Hall–Kier alpha value is -0.440. The van der Waals surface area contributed by atoms with Crippen LogP contribution in [0.5, 0.6) is 0 Å². The summed E-state index contributed by atoms with van der Waals surface area (Å²) < 4.78 is 27.4. The van der Waals surface area contributed by atoms with Gasteiger partial charge in [-0.05, 0) is 42.4 Å². The van der Waals surface area contributed by atoms with E-state index in [4.69, 9.17) is 0 Å². The largest absolute Gasteiger partial charge is 0.207 e. The lowest BCUT2D eigenvalue weighted by Crippen LogP contribution is -2.11. The Morgan fingerprint density at radius 2 is 1.88 bits per heavy atom. The van der Waals surface area contributed by atoms with E-state index in [0.29, 0.717) is 17.5 Å². The molecule has 0 N–H and O–H groups in total. The molecule has 1 aromatic rings. The van der Waals surface area contributed by atoms with Crippen molar-refractivity contribution in [3.63, 3.8) is 0 Å². The maximum atomic E-state index is 13.7. The average Bonchev–Trinajstić information content (AvgIpc) is 2.29. The van der Waals surface area contributed by atoms with E-state index in [-0.39, 0.29) is 21.9 Å². The molecule has 0 saturated carbocycles. The second-order valence-electron chi connectivity index (χ2n) is 5.26. The summed E-state index contributed by atoms with van der Waals surface area (Å²) in [4.78, 5) is -0.0873. The van der Waals surface area contributed by atoms with Crippen LogP contribution in [0.3, 0.4) is 0 Å². The highest BCUT2D eigenvalue weighted by molar-refractivity contribution is 9.09. The van der Waals surface area contributed by atoms with Crippen LogP contribution in [0, 0.1) is 17.0 Å². The van der Waals surface area contributed by atoms with Gasteiger partial charge in [-0.2, -0.15) is 0 Å². The summed E-state index contributed by atoms with van der Waals surface area (Å²) in [5, 5.41) is 0. The first-order valence-corrected chi connectivity index (χ1v) is 6.43. The molecule has 1 unspecified atom stereocenters. The Balaban J connectivity index is 2.52. The van der Waals surface area contributed by atoms with Crippen molar-refractivity contribution in [1.82, 2.24) is 0 Å². The molecule has 0 bridgehead atoms. The minimum Gasteiger partial charge on any atom is -0.207 e. The summed E-state index contributed by atoms with van der Waals surface area (Å²) in [6, 6.07) is 2.45. The van der Waals surface area contributed by atoms with E-state index in [1.165, 1.54) is 12.1 Å². The molecule has 3 heteroatoms. The van der Waals surface area contributed by atoms with Crippen molar-refractivity contribution >= 4 is 15.9 Å². The monoisotopic (exact) mass is 288 g/mol. The van der Waals surface area contributed by atoms with Crippen LogP contribution in [-0.2, 0) is 6.42 Å².